The van der Waals surface area contributed by atoms with Crippen LogP contribution in [-0.4, -0.2) is 62.0 Å². The van der Waals surface area contributed by atoms with E-state index in [9.17, 15) is 4.79 Å². The monoisotopic (exact) mass is 241 g/mol. The number of hydrogen-bond acceptors (Lipinski definition) is 3. The van der Waals surface area contributed by atoms with E-state index in [1.54, 1.807) is 0 Å². The van der Waals surface area contributed by atoms with Crippen molar-refractivity contribution in [3.8, 4) is 0 Å². The zero-order valence-electron chi connectivity index (χ0n) is 11.4. The van der Waals surface area contributed by atoms with Gasteiger partial charge < -0.3 is 15.1 Å². The highest BCUT2D eigenvalue weighted by Crippen LogP contribution is 2.02. The van der Waals surface area contributed by atoms with Crippen LogP contribution in [0.25, 0.3) is 0 Å². The van der Waals surface area contributed by atoms with Crippen LogP contribution in [-0.2, 0) is 4.79 Å². The summed E-state index contributed by atoms with van der Waals surface area (Å²) >= 11 is 0. The third kappa shape index (κ3) is 6.64. The van der Waals surface area contributed by atoms with Crippen molar-refractivity contribution in [1.29, 1.82) is 0 Å². The Kier molecular flexibility index (Phi) is 7.21. The average Bonchev–Trinajstić information content (AvgIpc) is 2.35. The molecule has 1 heterocycles. The van der Waals surface area contributed by atoms with Crippen LogP contribution in [0.3, 0.4) is 0 Å². The first-order valence-electron chi connectivity index (χ1n) is 6.90. The van der Waals surface area contributed by atoms with E-state index in [2.05, 4.69) is 22.2 Å². The molecule has 1 fully saturated rings. The molecule has 1 saturated heterocycles. The number of carbonyl (C=O) groups excluding carboxylic acids is 1. The van der Waals surface area contributed by atoms with Crippen molar-refractivity contribution < 1.29 is 4.79 Å². The van der Waals surface area contributed by atoms with Gasteiger partial charge >= 0.3 is 0 Å². The summed E-state index contributed by atoms with van der Waals surface area (Å²) in [5.41, 5.74) is 0. The smallest absolute Gasteiger partial charge is 0.219 e. The van der Waals surface area contributed by atoms with Gasteiger partial charge in [0.15, 0.2) is 0 Å². The lowest BCUT2D eigenvalue weighted by atomic mass is 10.2. The third-order valence-electron chi connectivity index (χ3n) is 3.39. The summed E-state index contributed by atoms with van der Waals surface area (Å²) in [5, 5.41) is 2.92. The van der Waals surface area contributed by atoms with Gasteiger partial charge in [-0.25, -0.2) is 0 Å². The zero-order valence-corrected chi connectivity index (χ0v) is 11.4. The Hall–Kier alpha value is -0.610. The zero-order chi connectivity index (χ0) is 12.5. The summed E-state index contributed by atoms with van der Waals surface area (Å²) in [4.78, 5) is 15.9. The van der Waals surface area contributed by atoms with Gasteiger partial charge in [0.2, 0.25) is 5.91 Å². The molecule has 0 aromatic rings. The summed E-state index contributed by atoms with van der Waals surface area (Å²) in [5.74, 6) is 0.170. The number of likely N-dealkylation sites (N-methyl/N-ethyl adjacent to an activating group) is 1. The number of nitrogens with zero attached hydrogens (tertiary/aromatic N) is 2. The van der Waals surface area contributed by atoms with Crippen LogP contribution < -0.4 is 5.32 Å². The van der Waals surface area contributed by atoms with Gasteiger partial charge in [-0.1, -0.05) is 13.3 Å². The first-order valence-corrected chi connectivity index (χ1v) is 6.90. The molecule has 0 aromatic carbocycles. The van der Waals surface area contributed by atoms with Gasteiger partial charge in [0.1, 0.15) is 0 Å². The molecule has 0 radical (unpaired) electrons. The molecule has 0 aliphatic carbocycles. The van der Waals surface area contributed by atoms with E-state index >= 15 is 0 Å². The van der Waals surface area contributed by atoms with Crippen molar-refractivity contribution >= 4 is 5.91 Å². The van der Waals surface area contributed by atoms with Gasteiger partial charge in [0, 0.05) is 39.1 Å². The standard InChI is InChI=1S/C13H27N3O/c1-3-13(17)14-7-5-4-6-8-16-11-9-15(2)10-12-16/h3-12H2,1-2H3,(H,14,17). The van der Waals surface area contributed by atoms with Crippen molar-refractivity contribution in [2.24, 2.45) is 0 Å². The van der Waals surface area contributed by atoms with Gasteiger partial charge in [-0.15, -0.1) is 0 Å². The lowest BCUT2D eigenvalue weighted by Gasteiger charge is -2.32. The fourth-order valence-electron chi connectivity index (χ4n) is 2.06. The molecule has 0 bridgehead atoms. The summed E-state index contributed by atoms with van der Waals surface area (Å²) in [6, 6.07) is 0. The van der Waals surface area contributed by atoms with E-state index in [1.165, 1.54) is 45.6 Å². The first-order chi connectivity index (χ1) is 8.22. The Balaban J connectivity index is 1.89. The predicted molar refractivity (Wildman–Crippen MR) is 71.1 cm³/mol. The third-order valence-corrected chi connectivity index (χ3v) is 3.39. The minimum absolute atomic E-state index is 0.170. The van der Waals surface area contributed by atoms with Gasteiger partial charge in [-0.2, -0.15) is 0 Å². The van der Waals surface area contributed by atoms with Crippen LogP contribution >= 0.6 is 0 Å². The Labute approximate surface area is 105 Å². The molecule has 1 rings (SSSR count). The second kappa shape index (κ2) is 8.48. The molecule has 1 N–H and O–H groups in total. The number of amides is 1. The molecular weight excluding hydrogens is 214 g/mol. The Bertz CT molecular complexity index is 213. The van der Waals surface area contributed by atoms with E-state index in [4.69, 9.17) is 0 Å². The highest BCUT2D eigenvalue weighted by Gasteiger charge is 2.12. The average molecular weight is 241 g/mol. The molecular formula is C13H27N3O. The van der Waals surface area contributed by atoms with E-state index < -0.39 is 0 Å². The summed E-state index contributed by atoms with van der Waals surface area (Å²) < 4.78 is 0. The molecule has 1 aliphatic rings. The van der Waals surface area contributed by atoms with Crippen molar-refractivity contribution in [3.05, 3.63) is 0 Å². The SMILES string of the molecule is CCC(=O)NCCCCCN1CCN(C)CC1. The number of hydrogen-bond donors (Lipinski definition) is 1. The quantitative estimate of drug-likeness (QED) is 0.674. The predicted octanol–water partition coefficient (Wildman–Crippen LogP) is 0.930. The van der Waals surface area contributed by atoms with Crippen molar-refractivity contribution in [3.63, 3.8) is 0 Å². The molecule has 4 nitrogen and oxygen atoms in total. The molecule has 0 unspecified atom stereocenters. The van der Waals surface area contributed by atoms with E-state index in [-0.39, 0.29) is 5.91 Å². The minimum Gasteiger partial charge on any atom is -0.356 e. The number of nitrogens with one attached hydrogen (secondary N) is 1. The van der Waals surface area contributed by atoms with Crippen molar-refractivity contribution in [2.45, 2.75) is 32.6 Å². The van der Waals surface area contributed by atoms with Gasteiger partial charge in [-0.05, 0) is 26.4 Å². The fraction of sp³-hybridized carbons (Fsp3) is 0.923. The van der Waals surface area contributed by atoms with Crippen LogP contribution in [0.1, 0.15) is 32.6 Å². The normalized spacial score (nSPS) is 18.2. The van der Waals surface area contributed by atoms with E-state index in [0.29, 0.717) is 6.42 Å². The Morgan fingerprint density at radius 3 is 2.47 bits per heavy atom. The van der Waals surface area contributed by atoms with Crippen LogP contribution in [0, 0.1) is 0 Å². The second-order valence-corrected chi connectivity index (χ2v) is 4.91. The highest BCUT2D eigenvalue weighted by molar-refractivity contribution is 5.75. The van der Waals surface area contributed by atoms with Crippen LogP contribution in [0.4, 0.5) is 0 Å². The lowest BCUT2D eigenvalue weighted by molar-refractivity contribution is -0.120. The van der Waals surface area contributed by atoms with E-state index in [0.717, 1.165) is 13.0 Å². The number of piperazine rings is 1. The molecule has 0 saturated carbocycles. The van der Waals surface area contributed by atoms with Crippen LogP contribution in [0.15, 0.2) is 0 Å². The summed E-state index contributed by atoms with van der Waals surface area (Å²) in [6.07, 6.45) is 4.18. The molecule has 1 amide bonds. The maximum absolute atomic E-state index is 11.0. The molecule has 1 aliphatic heterocycles. The highest BCUT2D eigenvalue weighted by atomic mass is 16.1. The van der Waals surface area contributed by atoms with Crippen molar-refractivity contribution in [2.75, 3.05) is 46.3 Å². The maximum Gasteiger partial charge on any atom is 0.219 e. The number of carbonyl (C=O) groups is 1. The maximum atomic E-state index is 11.0. The van der Waals surface area contributed by atoms with Gasteiger partial charge in [0.25, 0.3) is 0 Å². The van der Waals surface area contributed by atoms with Gasteiger partial charge in [0.05, 0.1) is 0 Å². The number of rotatable bonds is 7. The number of unbranched alkanes of at least 4 members (excludes halogenated alkanes) is 2. The Morgan fingerprint density at radius 1 is 1.12 bits per heavy atom. The Morgan fingerprint density at radius 2 is 1.82 bits per heavy atom. The summed E-state index contributed by atoms with van der Waals surface area (Å²) in [6.45, 7) is 8.78. The molecule has 100 valence electrons. The largest absolute Gasteiger partial charge is 0.356 e. The second-order valence-electron chi connectivity index (χ2n) is 4.91. The van der Waals surface area contributed by atoms with Crippen LogP contribution in [0.2, 0.25) is 0 Å². The molecule has 4 heteroatoms. The molecule has 0 aromatic heterocycles. The van der Waals surface area contributed by atoms with Crippen molar-refractivity contribution in [1.82, 2.24) is 15.1 Å². The van der Waals surface area contributed by atoms with Gasteiger partial charge in [-0.3, -0.25) is 4.79 Å². The summed E-state index contributed by atoms with van der Waals surface area (Å²) in [7, 11) is 2.19. The first kappa shape index (κ1) is 14.5. The fourth-order valence-corrected chi connectivity index (χ4v) is 2.06. The molecule has 0 spiro atoms. The minimum atomic E-state index is 0.170. The van der Waals surface area contributed by atoms with E-state index in [1.807, 2.05) is 6.92 Å². The topological polar surface area (TPSA) is 35.6 Å². The molecule has 0 atom stereocenters. The lowest BCUT2D eigenvalue weighted by Crippen LogP contribution is -2.44. The van der Waals surface area contributed by atoms with Crippen LogP contribution in [0.5, 0.6) is 0 Å². The molecule has 17 heavy (non-hydrogen) atoms.